The van der Waals surface area contributed by atoms with Crippen LogP contribution in [0.5, 0.6) is 5.75 Å². The van der Waals surface area contributed by atoms with E-state index in [9.17, 15) is 26.4 Å². The molecule has 1 saturated heterocycles. The standard InChI is InChI=1S/C36H37N5O8S2/c1-36(2,3)48-35(43)41-20-19-38-23-31(41)34(42)30(40-50(44,45)32-10-6-8-26-22-37-18-17-28(26)32)21-24-11-14-27(15-12-24)49-51(46,47)33-16-13-25-7-4-5-9-29(25)39-33/h4-18,22,30-31,38,40H,19-21,23H2,1-3H3/t30-,31?/m0/s1. The van der Waals surface area contributed by atoms with Crippen molar-refractivity contribution in [1.29, 1.82) is 0 Å². The van der Waals surface area contributed by atoms with Gasteiger partial charge in [0, 0.05) is 48.2 Å². The average Bonchev–Trinajstić information content (AvgIpc) is 3.10. The van der Waals surface area contributed by atoms with Crippen LogP contribution in [-0.4, -0.2) is 80.9 Å². The Morgan fingerprint density at radius 3 is 2.45 bits per heavy atom. The number of para-hydroxylation sites is 1. The highest BCUT2D eigenvalue weighted by molar-refractivity contribution is 7.89. The van der Waals surface area contributed by atoms with Crippen molar-refractivity contribution < 1.29 is 35.3 Å². The molecule has 51 heavy (non-hydrogen) atoms. The number of aromatic nitrogens is 2. The van der Waals surface area contributed by atoms with Crippen LogP contribution in [-0.2, 0) is 36.1 Å². The monoisotopic (exact) mass is 731 g/mol. The number of fused-ring (bicyclic) bond motifs is 2. The van der Waals surface area contributed by atoms with Crippen LogP contribution in [0.3, 0.4) is 0 Å². The molecule has 1 aliphatic rings. The number of hydrogen-bond donors (Lipinski definition) is 2. The molecular formula is C36H37N5O8S2. The fourth-order valence-corrected chi connectivity index (χ4v) is 8.11. The lowest BCUT2D eigenvalue weighted by molar-refractivity contribution is -0.126. The number of pyridine rings is 2. The number of sulfonamides is 1. The second-order valence-electron chi connectivity index (χ2n) is 13.1. The minimum absolute atomic E-state index is 0.00545. The zero-order valence-electron chi connectivity index (χ0n) is 28.1. The lowest BCUT2D eigenvalue weighted by Gasteiger charge is -2.37. The maximum atomic E-state index is 14.3. The number of nitrogens with zero attached hydrogens (tertiary/aromatic N) is 3. The number of ether oxygens (including phenoxy) is 1. The molecule has 13 nitrogen and oxygen atoms in total. The van der Waals surface area contributed by atoms with E-state index in [0.717, 1.165) is 5.39 Å². The van der Waals surface area contributed by atoms with E-state index < -0.39 is 49.7 Å². The van der Waals surface area contributed by atoms with Gasteiger partial charge in [0.2, 0.25) is 10.0 Å². The first-order chi connectivity index (χ1) is 24.2. The van der Waals surface area contributed by atoms with Crippen molar-refractivity contribution >= 4 is 53.7 Å². The quantitative estimate of drug-likeness (QED) is 0.197. The summed E-state index contributed by atoms with van der Waals surface area (Å²) in [5, 5.41) is 4.65. The van der Waals surface area contributed by atoms with Crippen LogP contribution in [0.15, 0.2) is 107 Å². The SMILES string of the molecule is CC(C)(C)OC(=O)N1CCNCC1C(=O)[C@H](Cc1ccc(OS(=O)(=O)c2ccc3ccccc3n2)cc1)NS(=O)(=O)c1cccc2cnccc12. The van der Waals surface area contributed by atoms with Gasteiger partial charge in [-0.1, -0.05) is 42.5 Å². The summed E-state index contributed by atoms with van der Waals surface area (Å²) in [6.07, 6.45) is 2.22. The number of hydrogen-bond acceptors (Lipinski definition) is 11. The van der Waals surface area contributed by atoms with Gasteiger partial charge in [0.05, 0.1) is 16.5 Å². The molecular weight excluding hydrogens is 695 g/mol. The molecule has 2 atom stereocenters. The van der Waals surface area contributed by atoms with Crippen molar-refractivity contribution in [2.45, 2.75) is 54.8 Å². The minimum atomic E-state index is -4.30. The number of carbonyl (C=O) groups is 2. The molecule has 15 heteroatoms. The van der Waals surface area contributed by atoms with E-state index in [1.54, 1.807) is 75.5 Å². The van der Waals surface area contributed by atoms with Gasteiger partial charge in [-0.3, -0.25) is 14.7 Å². The lowest BCUT2D eigenvalue weighted by Crippen LogP contribution is -2.61. The first-order valence-corrected chi connectivity index (χ1v) is 19.1. The predicted molar refractivity (Wildman–Crippen MR) is 190 cm³/mol. The first kappa shape index (κ1) is 35.9. The molecule has 3 aromatic carbocycles. The van der Waals surface area contributed by atoms with Crippen molar-refractivity contribution in [3.63, 3.8) is 0 Å². The lowest BCUT2D eigenvalue weighted by atomic mass is 9.97. The maximum Gasteiger partial charge on any atom is 0.410 e. The topological polar surface area (TPSA) is 174 Å². The number of carbonyl (C=O) groups excluding carboxylic acids is 2. The predicted octanol–water partition coefficient (Wildman–Crippen LogP) is 4.22. The third-order valence-corrected chi connectivity index (χ3v) is 10.9. The highest BCUT2D eigenvalue weighted by Gasteiger charge is 2.39. The molecule has 2 aromatic heterocycles. The Hall–Kier alpha value is -4.96. The van der Waals surface area contributed by atoms with Gasteiger partial charge in [0.1, 0.15) is 17.4 Å². The molecule has 0 aliphatic carbocycles. The Bertz CT molecular complexity index is 2310. The largest absolute Gasteiger partial charge is 0.444 e. The summed E-state index contributed by atoms with van der Waals surface area (Å²) in [6.45, 7) is 5.84. The summed E-state index contributed by atoms with van der Waals surface area (Å²) < 4.78 is 67.6. The Morgan fingerprint density at radius 2 is 1.69 bits per heavy atom. The van der Waals surface area contributed by atoms with E-state index in [0.29, 0.717) is 28.4 Å². The van der Waals surface area contributed by atoms with Crippen LogP contribution in [0, 0.1) is 0 Å². The van der Waals surface area contributed by atoms with Crippen molar-refractivity contribution in [1.82, 2.24) is 24.9 Å². The minimum Gasteiger partial charge on any atom is -0.444 e. The van der Waals surface area contributed by atoms with Crippen LogP contribution in [0.1, 0.15) is 26.3 Å². The Kier molecular flexibility index (Phi) is 10.1. The van der Waals surface area contributed by atoms with E-state index in [-0.39, 0.29) is 35.2 Å². The van der Waals surface area contributed by atoms with Gasteiger partial charge in [-0.05, 0) is 75.2 Å². The number of Topliss-reactive ketones (excluding diaryl/α,β-unsaturated/α-hetero) is 1. The van der Waals surface area contributed by atoms with Gasteiger partial charge < -0.3 is 14.2 Å². The summed E-state index contributed by atoms with van der Waals surface area (Å²) in [4.78, 5) is 37.1. The third kappa shape index (κ3) is 8.34. The molecule has 0 radical (unpaired) electrons. The molecule has 0 spiro atoms. The van der Waals surface area contributed by atoms with Gasteiger partial charge in [0.15, 0.2) is 10.8 Å². The molecule has 6 rings (SSSR count). The molecule has 1 fully saturated rings. The van der Waals surface area contributed by atoms with Crippen LogP contribution in [0.2, 0.25) is 0 Å². The fourth-order valence-electron chi connectivity index (χ4n) is 5.78. The molecule has 266 valence electrons. The number of amides is 1. The van der Waals surface area contributed by atoms with E-state index in [2.05, 4.69) is 20.0 Å². The van der Waals surface area contributed by atoms with Crippen molar-refractivity contribution in [2.24, 2.45) is 0 Å². The number of rotatable bonds is 10. The number of ketones is 1. The van der Waals surface area contributed by atoms with Crippen LogP contribution in [0.25, 0.3) is 21.7 Å². The van der Waals surface area contributed by atoms with Gasteiger partial charge in [-0.25, -0.2) is 22.9 Å². The maximum absolute atomic E-state index is 14.3. The highest BCUT2D eigenvalue weighted by atomic mass is 32.2. The molecule has 1 aliphatic heterocycles. The molecule has 3 heterocycles. The zero-order chi connectivity index (χ0) is 36.4. The Morgan fingerprint density at radius 1 is 0.941 bits per heavy atom. The first-order valence-electron chi connectivity index (χ1n) is 16.2. The van der Waals surface area contributed by atoms with Gasteiger partial charge in [0.25, 0.3) is 0 Å². The molecule has 2 N–H and O–H groups in total. The number of benzene rings is 3. The summed E-state index contributed by atoms with van der Waals surface area (Å²) >= 11 is 0. The van der Waals surface area contributed by atoms with Crippen molar-refractivity contribution in [3.05, 3.63) is 103 Å². The van der Waals surface area contributed by atoms with E-state index in [1.807, 2.05) is 12.1 Å². The normalized spacial score (nSPS) is 16.1. The second-order valence-corrected chi connectivity index (χ2v) is 16.2. The van der Waals surface area contributed by atoms with Crippen LogP contribution < -0.4 is 14.2 Å². The summed E-state index contributed by atoms with van der Waals surface area (Å²) in [5.74, 6) is -0.557. The summed E-state index contributed by atoms with van der Waals surface area (Å²) in [6, 6.07) is 20.0. The Balaban J connectivity index is 1.28. The van der Waals surface area contributed by atoms with Gasteiger partial charge in [-0.2, -0.15) is 8.42 Å². The van der Waals surface area contributed by atoms with Crippen LogP contribution in [0.4, 0.5) is 4.79 Å². The molecule has 1 unspecified atom stereocenters. The number of nitrogens with one attached hydrogen (secondary N) is 2. The molecule has 5 aromatic rings. The molecule has 0 saturated carbocycles. The Labute approximate surface area is 296 Å². The van der Waals surface area contributed by atoms with Crippen molar-refractivity contribution in [2.75, 3.05) is 19.6 Å². The second kappa shape index (κ2) is 14.3. The smallest absolute Gasteiger partial charge is 0.410 e. The van der Waals surface area contributed by atoms with E-state index in [1.165, 1.54) is 35.4 Å². The van der Waals surface area contributed by atoms with Crippen molar-refractivity contribution in [3.8, 4) is 5.75 Å². The van der Waals surface area contributed by atoms with E-state index >= 15 is 0 Å². The summed E-state index contributed by atoms with van der Waals surface area (Å²) in [5.41, 5.74) is 0.176. The molecule has 0 bridgehead atoms. The van der Waals surface area contributed by atoms with Crippen LogP contribution >= 0.6 is 0 Å². The number of piperazine rings is 1. The fraction of sp³-hybridized carbons (Fsp3) is 0.278. The average molecular weight is 732 g/mol. The third-order valence-electron chi connectivity index (χ3n) is 8.17. The summed E-state index contributed by atoms with van der Waals surface area (Å²) in [7, 11) is -8.59. The molecule has 1 amide bonds. The van der Waals surface area contributed by atoms with Gasteiger partial charge >= 0.3 is 16.2 Å². The van der Waals surface area contributed by atoms with E-state index in [4.69, 9.17) is 8.92 Å². The highest BCUT2D eigenvalue weighted by Crippen LogP contribution is 2.25. The zero-order valence-corrected chi connectivity index (χ0v) is 29.8. The van der Waals surface area contributed by atoms with Gasteiger partial charge in [-0.15, -0.1) is 0 Å².